The molecule has 0 atom stereocenters. The Hall–Kier alpha value is -0.380. The summed E-state index contributed by atoms with van der Waals surface area (Å²) in [6, 6.07) is 3.83. The normalized spacial score (nSPS) is 18.3. The first-order valence-corrected chi connectivity index (χ1v) is 8.22. The van der Waals surface area contributed by atoms with Gasteiger partial charge in [0.2, 0.25) is 0 Å². The second kappa shape index (κ2) is 6.38. The number of hydrogen-bond acceptors (Lipinski definition) is 3. The molecule has 2 nitrogen and oxygen atoms in total. The fraction of sp³-hybridized carbons (Fsp3) is 0.667. The third kappa shape index (κ3) is 3.80. The molecular weight excluding hydrogens is 278 g/mol. The molecule has 0 amide bonds. The monoisotopic (exact) mass is 299 g/mol. The molecule has 2 rings (SSSR count). The zero-order chi connectivity index (χ0) is 13.9. The van der Waals surface area contributed by atoms with Crippen molar-refractivity contribution in [2.75, 3.05) is 13.1 Å². The lowest BCUT2D eigenvalue weighted by atomic mass is 9.93. The molecule has 1 aromatic heterocycles. The minimum atomic E-state index is -0.360. The third-order valence-corrected chi connectivity index (χ3v) is 5.27. The van der Waals surface area contributed by atoms with Crippen LogP contribution in [0.3, 0.4) is 0 Å². The highest BCUT2D eigenvalue weighted by molar-refractivity contribution is 7.16. The van der Waals surface area contributed by atoms with E-state index in [1.165, 1.54) is 37.0 Å². The van der Waals surface area contributed by atoms with Crippen LogP contribution in [0.15, 0.2) is 12.1 Å². The van der Waals surface area contributed by atoms with Gasteiger partial charge in [0.25, 0.3) is 0 Å². The Morgan fingerprint density at radius 2 is 1.89 bits per heavy atom. The molecule has 0 spiro atoms. The van der Waals surface area contributed by atoms with Crippen LogP contribution >= 0.6 is 22.9 Å². The fourth-order valence-corrected chi connectivity index (χ4v) is 3.71. The van der Waals surface area contributed by atoms with Gasteiger partial charge in [-0.1, -0.05) is 24.4 Å². The van der Waals surface area contributed by atoms with E-state index < -0.39 is 0 Å². The molecule has 1 aliphatic rings. The van der Waals surface area contributed by atoms with Crippen molar-refractivity contribution in [3.63, 3.8) is 0 Å². The average Bonchev–Trinajstić information content (AvgIpc) is 2.63. The summed E-state index contributed by atoms with van der Waals surface area (Å²) in [6.45, 7) is 6.22. The molecule has 1 aliphatic heterocycles. The van der Waals surface area contributed by atoms with E-state index in [2.05, 4.69) is 18.7 Å². The Bertz CT molecular complexity index is 433. The van der Waals surface area contributed by atoms with Crippen LogP contribution in [0.25, 0.3) is 0 Å². The highest BCUT2D eigenvalue weighted by Gasteiger charge is 2.34. The Kier molecular flexibility index (Phi) is 5.04. The Balaban J connectivity index is 2.02. The molecular formula is C15H22ClNOS. The smallest absolute Gasteiger partial charge is 0.157 e. The van der Waals surface area contributed by atoms with E-state index in [9.17, 15) is 4.79 Å². The molecule has 4 heteroatoms. The maximum absolute atomic E-state index is 12.6. The van der Waals surface area contributed by atoms with Crippen molar-refractivity contribution in [1.82, 2.24) is 4.90 Å². The maximum Gasteiger partial charge on any atom is 0.157 e. The first-order valence-electron chi connectivity index (χ1n) is 7.03. The molecule has 1 fully saturated rings. The predicted molar refractivity (Wildman–Crippen MR) is 82.2 cm³/mol. The van der Waals surface area contributed by atoms with Crippen molar-refractivity contribution >= 4 is 28.7 Å². The molecule has 0 N–H and O–H groups in total. The number of carbonyl (C=O) groups excluding carboxylic acids is 1. The molecule has 0 unspecified atom stereocenters. The lowest BCUT2D eigenvalue weighted by Crippen LogP contribution is -2.51. The quantitative estimate of drug-likeness (QED) is 0.832. The number of nitrogens with zero attached hydrogens (tertiary/aromatic N) is 1. The highest BCUT2D eigenvalue weighted by Crippen LogP contribution is 2.26. The number of carbonyl (C=O) groups is 1. The summed E-state index contributed by atoms with van der Waals surface area (Å²) >= 11 is 7.43. The topological polar surface area (TPSA) is 20.3 Å². The van der Waals surface area contributed by atoms with E-state index in [0.29, 0.717) is 12.2 Å². The van der Waals surface area contributed by atoms with Crippen LogP contribution in [0.2, 0.25) is 4.34 Å². The van der Waals surface area contributed by atoms with Crippen molar-refractivity contribution in [2.24, 2.45) is 0 Å². The molecule has 0 aromatic carbocycles. The molecule has 19 heavy (non-hydrogen) atoms. The standard InChI is InChI=1S/C15H22ClNOS/c1-15(2,17-9-5-3-4-6-10-17)13(18)11-12-7-8-14(16)19-12/h7-8H,3-6,9-11H2,1-2H3. The number of halogens is 1. The minimum absolute atomic E-state index is 0.299. The Labute approximate surface area is 124 Å². The maximum atomic E-state index is 12.6. The van der Waals surface area contributed by atoms with Gasteiger partial charge in [0.15, 0.2) is 5.78 Å². The van der Waals surface area contributed by atoms with Crippen LogP contribution in [0, 0.1) is 0 Å². The van der Waals surface area contributed by atoms with Crippen molar-refractivity contribution in [3.8, 4) is 0 Å². The van der Waals surface area contributed by atoms with Crippen LogP contribution in [-0.2, 0) is 11.2 Å². The first kappa shape index (κ1) is 15.0. The SMILES string of the molecule is CC(C)(C(=O)Cc1ccc(Cl)s1)N1CCCCCC1. The number of thiophene rings is 1. The van der Waals surface area contributed by atoms with Crippen molar-refractivity contribution < 1.29 is 4.79 Å². The number of Topliss-reactive ketones (excluding diaryl/α,β-unsaturated/α-hetero) is 1. The lowest BCUT2D eigenvalue weighted by molar-refractivity contribution is -0.128. The van der Waals surface area contributed by atoms with Crippen molar-refractivity contribution in [1.29, 1.82) is 0 Å². The summed E-state index contributed by atoms with van der Waals surface area (Å²) in [7, 11) is 0. The third-order valence-electron chi connectivity index (χ3n) is 4.04. The van der Waals surface area contributed by atoms with Gasteiger partial charge in [0, 0.05) is 11.3 Å². The van der Waals surface area contributed by atoms with E-state index in [1.807, 2.05) is 12.1 Å². The Morgan fingerprint density at radius 3 is 2.42 bits per heavy atom. The first-order chi connectivity index (χ1) is 9.00. The zero-order valence-corrected chi connectivity index (χ0v) is 13.3. The van der Waals surface area contributed by atoms with Gasteiger partial charge in [-0.05, 0) is 51.9 Å². The van der Waals surface area contributed by atoms with Gasteiger partial charge in [-0.3, -0.25) is 9.69 Å². The minimum Gasteiger partial charge on any atom is -0.297 e. The van der Waals surface area contributed by atoms with E-state index in [1.54, 1.807) is 0 Å². The van der Waals surface area contributed by atoms with Crippen LogP contribution < -0.4 is 0 Å². The summed E-state index contributed by atoms with van der Waals surface area (Å²) in [5.41, 5.74) is -0.360. The molecule has 1 aromatic rings. The van der Waals surface area contributed by atoms with E-state index in [-0.39, 0.29) is 5.54 Å². The Morgan fingerprint density at radius 1 is 1.26 bits per heavy atom. The molecule has 1 saturated heterocycles. The highest BCUT2D eigenvalue weighted by atomic mass is 35.5. The molecule has 0 bridgehead atoms. The second-order valence-electron chi connectivity index (χ2n) is 5.77. The second-order valence-corrected chi connectivity index (χ2v) is 7.57. The van der Waals surface area contributed by atoms with E-state index in [4.69, 9.17) is 11.6 Å². The van der Waals surface area contributed by atoms with Crippen molar-refractivity contribution in [3.05, 3.63) is 21.3 Å². The van der Waals surface area contributed by atoms with Gasteiger partial charge in [0.1, 0.15) is 0 Å². The van der Waals surface area contributed by atoms with Gasteiger partial charge in [-0.2, -0.15) is 0 Å². The molecule has 106 valence electrons. The largest absolute Gasteiger partial charge is 0.297 e. The summed E-state index contributed by atoms with van der Waals surface area (Å²) in [5, 5.41) is 0. The molecule has 0 aliphatic carbocycles. The summed E-state index contributed by atoms with van der Waals surface area (Å²) in [4.78, 5) is 16.0. The van der Waals surface area contributed by atoms with Crippen molar-refractivity contribution in [2.45, 2.75) is 51.5 Å². The van der Waals surface area contributed by atoms with E-state index in [0.717, 1.165) is 22.3 Å². The lowest BCUT2D eigenvalue weighted by Gasteiger charge is -2.36. The zero-order valence-electron chi connectivity index (χ0n) is 11.7. The molecule has 0 radical (unpaired) electrons. The number of likely N-dealkylation sites (tertiary alicyclic amines) is 1. The van der Waals surface area contributed by atoms with E-state index >= 15 is 0 Å². The number of rotatable bonds is 4. The number of hydrogen-bond donors (Lipinski definition) is 0. The van der Waals surface area contributed by atoms with Crippen LogP contribution in [-0.4, -0.2) is 29.3 Å². The van der Waals surface area contributed by atoms with Gasteiger partial charge < -0.3 is 0 Å². The van der Waals surface area contributed by atoms with Gasteiger partial charge >= 0.3 is 0 Å². The van der Waals surface area contributed by atoms with Gasteiger partial charge in [0.05, 0.1) is 9.88 Å². The molecule has 2 heterocycles. The summed E-state index contributed by atoms with van der Waals surface area (Å²) in [6.07, 6.45) is 5.51. The summed E-state index contributed by atoms with van der Waals surface area (Å²) in [5.74, 6) is 0.299. The molecule has 0 saturated carbocycles. The van der Waals surface area contributed by atoms with Crippen LogP contribution in [0.1, 0.15) is 44.4 Å². The van der Waals surface area contributed by atoms with Gasteiger partial charge in [-0.25, -0.2) is 0 Å². The van der Waals surface area contributed by atoms with Gasteiger partial charge in [-0.15, -0.1) is 11.3 Å². The number of ketones is 1. The van der Waals surface area contributed by atoms with Crippen LogP contribution in [0.5, 0.6) is 0 Å². The predicted octanol–water partition coefficient (Wildman–Crippen LogP) is 4.17. The van der Waals surface area contributed by atoms with Crippen LogP contribution in [0.4, 0.5) is 0 Å². The average molecular weight is 300 g/mol. The summed E-state index contributed by atoms with van der Waals surface area (Å²) < 4.78 is 0.760. The fourth-order valence-electron chi connectivity index (χ4n) is 2.63.